The van der Waals surface area contributed by atoms with Crippen molar-refractivity contribution in [1.29, 1.82) is 0 Å². The molecule has 0 radical (unpaired) electrons. The van der Waals surface area contributed by atoms with Crippen molar-refractivity contribution in [2.24, 2.45) is 0 Å². The maximum atomic E-state index is 16.7. The van der Waals surface area contributed by atoms with Gasteiger partial charge in [-0.25, -0.2) is 14.4 Å². The Balaban J connectivity index is 1.72. The molecule has 4 atom stereocenters. The Labute approximate surface area is 255 Å². The van der Waals surface area contributed by atoms with E-state index in [1.807, 2.05) is 19.2 Å². The van der Waals surface area contributed by atoms with E-state index in [0.29, 0.717) is 23.1 Å². The van der Waals surface area contributed by atoms with Crippen molar-refractivity contribution < 1.29 is 27.6 Å². The van der Waals surface area contributed by atoms with Gasteiger partial charge in [-0.05, 0) is 54.5 Å². The monoisotopic (exact) mass is 628 g/mol. The van der Waals surface area contributed by atoms with Crippen molar-refractivity contribution >= 4 is 40.4 Å². The fourth-order valence-corrected chi connectivity index (χ4v) is 6.76. The molecule has 12 heteroatoms. The second kappa shape index (κ2) is 11.6. The molecule has 1 amide bonds. The molecular formula is C31H45FN4O5Si2. The van der Waals surface area contributed by atoms with Gasteiger partial charge in [0.1, 0.15) is 24.2 Å². The van der Waals surface area contributed by atoms with E-state index in [2.05, 4.69) is 69.9 Å². The van der Waals surface area contributed by atoms with Crippen molar-refractivity contribution in [2.45, 2.75) is 102 Å². The molecule has 1 fully saturated rings. The number of carbonyl (C=O) groups excluding carboxylic acids is 2. The largest absolute Gasteiger partial charge is 0.413 e. The minimum Gasteiger partial charge on any atom is -0.413 e. The zero-order chi connectivity index (χ0) is 32.0. The maximum Gasteiger partial charge on any atom is 0.257 e. The standard InChI is InChI=1S/C31H45FN4O5Si2/c1-29(2,3)42(7,8)39-19-31(18-37)26(41-43(9,10)30(4,5)6)24(32)25(40-31)22-16-23-33-20-34-28(36(23)17-22)35-27(38)21-14-12-11-13-15-21/h11-18,20,24-26H,19H2,1-10H3,(H,33,34,35,38)/t24-,25-,26-,31+/m0/s1. The van der Waals surface area contributed by atoms with Gasteiger partial charge in [-0.3, -0.25) is 19.3 Å². The molecule has 3 heterocycles. The molecule has 2 aromatic heterocycles. The highest BCUT2D eigenvalue weighted by molar-refractivity contribution is 6.74. The Morgan fingerprint density at radius 1 is 1.07 bits per heavy atom. The summed E-state index contributed by atoms with van der Waals surface area (Å²) in [6.45, 7) is 20.6. The zero-order valence-corrected chi connectivity index (χ0v) is 28.9. The lowest BCUT2D eigenvalue weighted by atomic mass is 9.96. The van der Waals surface area contributed by atoms with Gasteiger partial charge < -0.3 is 13.6 Å². The van der Waals surface area contributed by atoms with Gasteiger partial charge in [-0.1, -0.05) is 59.7 Å². The number of aromatic nitrogens is 3. The molecule has 4 rings (SSSR count). The van der Waals surface area contributed by atoms with Crippen LogP contribution in [0, 0.1) is 0 Å². The third-order valence-electron chi connectivity index (χ3n) is 9.31. The van der Waals surface area contributed by atoms with Crippen LogP contribution in [0.25, 0.3) is 5.65 Å². The molecule has 9 nitrogen and oxygen atoms in total. The van der Waals surface area contributed by atoms with Crippen molar-refractivity contribution in [2.75, 3.05) is 11.9 Å². The van der Waals surface area contributed by atoms with Gasteiger partial charge in [0.05, 0.1) is 6.61 Å². The van der Waals surface area contributed by atoms with Crippen LogP contribution >= 0.6 is 0 Å². The van der Waals surface area contributed by atoms with Crippen molar-refractivity contribution in [3.63, 3.8) is 0 Å². The first kappa shape index (κ1) is 33.1. The number of benzene rings is 1. The summed E-state index contributed by atoms with van der Waals surface area (Å²) >= 11 is 0. The number of anilines is 1. The Hall–Kier alpha value is -2.78. The molecule has 43 heavy (non-hydrogen) atoms. The maximum absolute atomic E-state index is 16.7. The third kappa shape index (κ3) is 6.53. The van der Waals surface area contributed by atoms with Crippen LogP contribution in [0.3, 0.4) is 0 Å². The molecule has 0 saturated carbocycles. The van der Waals surface area contributed by atoms with Crippen molar-refractivity contribution in [3.8, 4) is 0 Å². The molecule has 1 N–H and O–H groups in total. The Bertz CT molecular complexity index is 1470. The number of rotatable bonds is 9. The van der Waals surface area contributed by atoms with Gasteiger partial charge in [0.2, 0.25) is 5.95 Å². The number of nitrogens with zero attached hydrogens (tertiary/aromatic N) is 3. The van der Waals surface area contributed by atoms with Crippen molar-refractivity contribution in [1.82, 2.24) is 14.4 Å². The second-order valence-electron chi connectivity index (χ2n) is 14.4. The van der Waals surface area contributed by atoms with E-state index < -0.39 is 40.6 Å². The van der Waals surface area contributed by atoms with Crippen LogP contribution < -0.4 is 5.32 Å². The van der Waals surface area contributed by atoms with E-state index in [1.54, 1.807) is 40.9 Å². The normalized spacial score (nSPS) is 23.5. The first-order chi connectivity index (χ1) is 19.8. The molecular weight excluding hydrogens is 584 g/mol. The Morgan fingerprint density at radius 2 is 1.70 bits per heavy atom. The fourth-order valence-electron chi connectivity index (χ4n) is 4.42. The van der Waals surface area contributed by atoms with Crippen LogP contribution in [0.5, 0.6) is 0 Å². The van der Waals surface area contributed by atoms with Gasteiger partial charge >= 0.3 is 0 Å². The summed E-state index contributed by atoms with van der Waals surface area (Å²) in [5.41, 5.74) is -0.304. The van der Waals surface area contributed by atoms with Crippen LogP contribution in [0.1, 0.15) is 63.6 Å². The van der Waals surface area contributed by atoms with Gasteiger partial charge in [-0.15, -0.1) is 0 Å². The number of amides is 1. The summed E-state index contributed by atoms with van der Waals surface area (Å²) in [6.07, 6.45) is -0.365. The summed E-state index contributed by atoms with van der Waals surface area (Å²) in [6, 6.07) is 10.4. The number of hydrogen-bond donors (Lipinski definition) is 1. The van der Waals surface area contributed by atoms with Crippen LogP contribution in [0.4, 0.5) is 10.3 Å². The van der Waals surface area contributed by atoms with E-state index in [9.17, 15) is 9.59 Å². The summed E-state index contributed by atoms with van der Waals surface area (Å²) in [5.74, 6) is -0.127. The SMILES string of the molecule is CC(C)(C)[Si](C)(C)OC[C@@]1(C=O)O[C@@H](c2cc3ncnc(NC(=O)c4ccccc4)n3c2)[C@H](F)[C@@H]1O[Si](C)(C)C(C)(C)C. The molecule has 1 aliphatic heterocycles. The Morgan fingerprint density at radius 3 is 2.28 bits per heavy atom. The summed E-state index contributed by atoms with van der Waals surface area (Å²) in [7, 11) is -4.88. The first-order valence-electron chi connectivity index (χ1n) is 14.6. The highest BCUT2D eigenvalue weighted by atomic mass is 28.4. The molecule has 1 aromatic carbocycles. The number of halogens is 1. The zero-order valence-electron chi connectivity index (χ0n) is 26.9. The molecule has 1 saturated heterocycles. The van der Waals surface area contributed by atoms with Gasteiger partial charge in [0.25, 0.3) is 5.91 Å². The van der Waals surface area contributed by atoms with Gasteiger partial charge in [0, 0.05) is 17.3 Å². The highest BCUT2D eigenvalue weighted by Crippen LogP contribution is 2.48. The molecule has 0 spiro atoms. The average Bonchev–Trinajstić information content (AvgIpc) is 3.47. The van der Waals surface area contributed by atoms with Crippen LogP contribution in [0.2, 0.25) is 36.3 Å². The average molecular weight is 629 g/mol. The van der Waals surface area contributed by atoms with Gasteiger partial charge in [0.15, 0.2) is 34.7 Å². The molecule has 234 valence electrons. The summed E-state index contributed by atoms with van der Waals surface area (Å²) in [4.78, 5) is 34.3. The number of hydrogen-bond acceptors (Lipinski definition) is 7. The topological polar surface area (TPSA) is 104 Å². The van der Waals surface area contributed by atoms with Crippen molar-refractivity contribution in [3.05, 3.63) is 60.0 Å². The van der Waals surface area contributed by atoms with E-state index in [4.69, 9.17) is 13.6 Å². The highest BCUT2D eigenvalue weighted by Gasteiger charge is 2.60. The molecule has 3 aromatic rings. The Kier molecular flexibility index (Phi) is 8.95. The minimum absolute atomic E-state index is 0.116. The van der Waals surface area contributed by atoms with E-state index in [1.165, 1.54) is 6.33 Å². The molecule has 0 aliphatic carbocycles. The minimum atomic E-state index is -2.55. The summed E-state index contributed by atoms with van der Waals surface area (Å²) in [5, 5.41) is 2.44. The molecule has 0 unspecified atom stereocenters. The smallest absolute Gasteiger partial charge is 0.257 e. The van der Waals surface area contributed by atoms with Crippen LogP contribution in [0.15, 0.2) is 48.9 Å². The van der Waals surface area contributed by atoms with E-state index in [0.717, 1.165) is 0 Å². The third-order valence-corrected chi connectivity index (χ3v) is 18.2. The lowest BCUT2D eigenvalue weighted by Gasteiger charge is -2.43. The van der Waals surface area contributed by atoms with E-state index >= 15 is 4.39 Å². The quantitative estimate of drug-likeness (QED) is 0.207. The number of fused-ring (bicyclic) bond motifs is 1. The number of carbonyl (C=O) groups is 2. The predicted molar refractivity (Wildman–Crippen MR) is 170 cm³/mol. The van der Waals surface area contributed by atoms with Crippen LogP contribution in [-0.2, 0) is 18.4 Å². The lowest BCUT2D eigenvalue weighted by molar-refractivity contribution is -0.144. The fraction of sp³-hybridized carbons (Fsp3) is 0.548. The predicted octanol–water partition coefficient (Wildman–Crippen LogP) is 6.74. The first-order valence-corrected chi connectivity index (χ1v) is 20.4. The second-order valence-corrected chi connectivity index (χ2v) is 24.0. The van der Waals surface area contributed by atoms with Crippen LogP contribution in [-0.4, -0.2) is 67.7 Å². The van der Waals surface area contributed by atoms with E-state index in [-0.39, 0.29) is 28.5 Å². The number of ether oxygens (including phenoxy) is 1. The molecule has 1 aliphatic rings. The summed E-state index contributed by atoms with van der Waals surface area (Å²) < 4.78 is 37.8. The molecule has 0 bridgehead atoms. The number of aldehydes is 1. The number of nitrogens with one attached hydrogen (secondary N) is 1. The van der Waals surface area contributed by atoms with Gasteiger partial charge in [-0.2, -0.15) is 0 Å². The number of alkyl halides is 1. The lowest BCUT2D eigenvalue weighted by Crippen LogP contribution is -2.57.